The van der Waals surface area contributed by atoms with E-state index in [-0.39, 0.29) is 24.1 Å². The Balaban J connectivity index is 1.69. The molecule has 1 N–H and O–H groups in total. The molecule has 23 heavy (non-hydrogen) atoms. The molecule has 2 rings (SSSR count). The Labute approximate surface area is 135 Å². The van der Waals surface area contributed by atoms with Crippen LogP contribution < -0.4 is 5.32 Å². The Morgan fingerprint density at radius 1 is 1.26 bits per heavy atom. The van der Waals surface area contributed by atoms with Gasteiger partial charge in [-0.3, -0.25) is 4.90 Å². The van der Waals surface area contributed by atoms with Crippen molar-refractivity contribution in [2.24, 2.45) is 5.92 Å². The maximum absolute atomic E-state index is 12.4. The summed E-state index contributed by atoms with van der Waals surface area (Å²) in [5.41, 5.74) is 0. The number of urea groups is 1. The second-order valence-electron chi connectivity index (χ2n) is 6.67. The van der Waals surface area contributed by atoms with Crippen LogP contribution in [-0.2, 0) is 4.74 Å². The van der Waals surface area contributed by atoms with Gasteiger partial charge in [-0.25, -0.2) is 4.79 Å². The van der Waals surface area contributed by atoms with Gasteiger partial charge in [-0.15, -0.1) is 0 Å². The van der Waals surface area contributed by atoms with Gasteiger partial charge in [0.15, 0.2) is 0 Å². The number of likely N-dealkylation sites (tertiary alicyclic amines) is 1. The first-order valence-electron chi connectivity index (χ1n) is 8.20. The number of rotatable bonds is 3. The highest BCUT2D eigenvalue weighted by Gasteiger charge is 2.33. The maximum Gasteiger partial charge on any atom is 0.401 e. The summed E-state index contributed by atoms with van der Waals surface area (Å²) in [6.45, 7) is 5.54. The lowest BCUT2D eigenvalue weighted by molar-refractivity contribution is -0.148. The number of carbonyl (C=O) groups excluding carboxylic acids is 1. The molecule has 0 aromatic heterocycles. The molecule has 2 aliphatic rings. The van der Waals surface area contributed by atoms with Gasteiger partial charge in [-0.05, 0) is 45.7 Å². The zero-order valence-corrected chi connectivity index (χ0v) is 13.7. The van der Waals surface area contributed by atoms with Crippen LogP contribution in [0.15, 0.2) is 0 Å². The largest absolute Gasteiger partial charge is 0.401 e. The van der Waals surface area contributed by atoms with Crippen molar-refractivity contribution in [2.75, 3.05) is 39.3 Å². The summed E-state index contributed by atoms with van der Waals surface area (Å²) in [5.74, 6) is 0.247. The van der Waals surface area contributed by atoms with Crippen molar-refractivity contribution in [3.8, 4) is 0 Å². The van der Waals surface area contributed by atoms with Crippen LogP contribution in [0.25, 0.3) is 0 Å². The fourth-order valence-corrected chi connectivity index (χ4v) is 3.12. The molecule has 0 bridgehead atoms. The third-order valence-electron chi connectivity index (χ3n) is 4.52. The van der Waals surface area contributed by atoms with E-state index < -0.39 is 12.7 Å². The fraction of sp³-hybridized carbons (Fsp3) is 0.933. The first kappa shape index (κ1) is 18.3. The number of carbonyl (C=O) groups is 1. The Morgan fingerprint density at radius 2 is 1.91 bits per heavy atom. The summed E-state index contributed by atoms with van der Waals surface area (Å²) < 4.78 is 42.6. The first-order chi connectivity index (χ1) is 10.7. The molecule has 2 aliphatic heterocycles. The Kier molecular flexibility index (Phi) is 6.13. The highest BCUT2D eigenvalue weighted by atomic mass is 19.4. The lowest BCUT2D eigenvalue weighted by Crippen LogP contribution is -2.54. The highest BCUT2D eigenvalue weighted by molar-refractivity contribution is 5.74. The van der Waals surface area contributed by atoms with Crippen molar-refractivity contribution in [3.05, 3.63) is 0 Å². The molecule has 0 radical (unpaired) electrons. The molecular formula is C15H26F3N3O2. The third kappa shape index (κ3) is 5.84. The molecule has 2 heterocycles. The number of amides is 2. The zero-order chi connectivity index (χ0) is 17.0. The quantitative estimate of drug-likeness (QED) is 0.858. The number of ether oxygens (including phenoxy) is 1. The minimum Gasteiger partial charge on any atom is -0.375 e. The average molecular weight is 337 g/mol. The molecule has 0 aromatic carbocycles. The number of morpholine rings is 1. The van der Waals surface area contributed by atoms with E-state index in [9.17, 15) is 18.0 Å². The first-order valence-corrected chi connectivity index (χ1v) is 8.20. The summed E-state index contributed by atoms with van der Waals surface area (Å²) in [6.07, 6.45) is -2.73. The number of nitrogens with zero attached hydrogens (tertiary/aromatic N) is 2. The Bertz CT molecular complexity index is 398. The maximum atomic E-state index is 12.4. The van der Waals surface area contributed by atoms with Crippen LogP contribution in [0, 0.1) is 5.92 Å². The van der Waals surface area contributed by atoms with Crippen LogP contribution in [-0.4, -0.2) is 73.5 Å². The molecule has 2 fully saturated rings. The molecule has 2 amide bonds. The minimum absolute atomic E-state index is 0.0301. The second-order valence-corrected chi connectivity index (χ2v) is 6.67. The van der Waals surface area contributed by atoms with Crippen LogP contribution in [0.1, 0.15) is 26.7 Å². The van der Waals surface area contributed by atoms with Crippen molar-refractivity contribution < 1.29 is 22.7 Å². The van der Waals surface area contributed by atoms with Crippen LogP contribution >= 0.6 is 0 Å². The van der Waals surface area contributed by atoms with E-state index >= 15 is 0 Å². The summed E-state index contributed by atoms with van der Waals surface area (Å²) in [6, 6.07) is -0.0646. The van der Waals surface area contributed by atoms with Gasteiger partial charge in [0, 0.05) is 13.1 Å². The lowest BCUT2D eigenvalue weighted by Gasteiger charge is -2.37. The molecule has 0 saturated carbocycles. The average Bonchev–Trinajstić information content (AvgIpc) is 2.47. The van der Waals surface area contributed by atoms with Crippen molar-refractivity contribution >= 4 is 6.03 Å². The zero-order valence-electron chi connectivity index (χ0n) is 13.7. The molecule has 0 aromatic rings. The van der Waals surface area contributed by atoms with Gasteiger partial charge in [-0.2, -0.15) is 13.2 Å². The van der Waals surface area contributed by atoms with Crippen molar-refractivity contribution in [1.29, 1.82) is 0 Å². The molecule has 5 nitrogen and oxygen atoms in total. The molecule has 2 saturated heterocycles. The van der Waals surface area contributed by atoms with Gasteiger partial charge in [0.1, 0.15) is 0 Å². The number of piperidine rings is 1. The lowest BCUT2D eigenvalue weighted by atomic mass is 9.97. The normalized spacial score (nSPS) is 28.0. The Morgan fingerprint density at radius 3 is 2.52 bits per heavy atom. The van der Waals surface area contributed by atoms with E-state index in [4.69, 9.17) is 4.74 Å². The molecule has 0 spiro atoms. The molecular weight excluding hydrogens is 311 g/mol. The molecule has 2 unspecified atom stereocenters. The van der Waals surface area contributed by atoms with Gasteiger partial charge in [-0.1, -0.05) is 0 Å². The topological polar surface area (TPSA) is 44.8 Å². The van der Waals surface area contributed by atoms with Gasteiger partial charge in [0.05, 0.1) is 25.3 Å². The van der Waals surface area contributed by atoms with Crippen LogP contribution in [0.4, 0.5) is 18.0 Å². The third-order valence-corrected chi connectivity index (χ3v) is 4.52. The Hall–Kier alpha value is -1.02. The monoisotopic (exact) mass is 337 g/mol. The van der Waals surface area contributed by atoms with Crippen LogP contribution in [0.3, 0.4) is 0 Å². The number of hydrogen-bond donors (Lipinski definition) is 1. The number of alkyl halides is 3. The highest BCUT2D eigenvalue weighted by Crippen LogP contribution is 2.22. The summed E-state index contributed by atoms with van der Waals surface area (Å²) >= 11 is 0. The standard InChI is InChI=1S/C15H26F3N3O2/c1-11-9-23-12(2)8-21(11)14(22)19-7-13-3-5-20(6-4-13)10-15(16,17)18/h11-13H,3-10H2,1-2H3,(H,19,22). The SMILES string of the molecule is CC1CN(C(=O)NCC2CCN(CC(F)(F)F)CC2)C(C)CO1. The molecule has 134 valence electrons. The van der Waals surface area contributed by atoms with Gasteiger partial charge < -0.3 is 15.0 Å². The van der Waals surface area contributed by atoms with E-state index in [2.05, 4.69) is 5.32 Å². The number of halogens is 3. The molecule has 2 atom stereocenters. The van der Waals surface area contributed by atoms with E-state index in [1.54, 1.807) is 4.90 Å². The van der Waals surface area contributed by atoms with Gasteiger partial charge in [0.2, 0.25) is 0 Å². The fourth-order valence-electron chi connectivity index (χ4n) is 3.12. The van der Waals surface area contributed by atoms with Gasteiger partial charge >= 0.3 is 12.2 Å². The van der Waals surface area contributed by atoms with E-state index in [0.717, 1.165) is 0 Å². The van der Waals surface area contributed by atoms with E-state index in [1.807, 2.05) is 13.8 Å². The summed E-state index contributed by atoms with van der Waals surface area (Å²) in [4.78, 5) is 15.5. The van der Waals surface area contributed by atoms with Crippen molar-refractivity contribution in [1.82, 2.24) is 15.1 Å². The number of nitrogens with one attached hydrogen (secondary N) is 1. The molecule has 8 heteroatoms. The van der Waals surface area contributed by atoms with Gasteiger partial charge in [0.25, 0.3) is 0 Å². The van der Waals surface area contributed by atoms with Crippen LogP contribution in [0.2, 0.25) is 0 Å². The predicted molar refractivity (Wildman–Crippen MR) is 80.2 cm³/mol. The van der Waals surface area contributed by atoms with Crippen LogP contribution in [0.5, 0.6) is 0 Å². The number of hydrogen-bond acceptors (Lipinski definition) is 3. The predicted octanol–water partition coefficient (Wildman–Crippen LogP) is 2.08. The second kappa shape index (κ2) is 7.70. The molecule has 0 aliphatic carbocycles. The smallest absolute Gasteiger partial charge is 0.375 e. The van der Waals surface area contributed by atoms with E-state index in [1.165, 1.54) is 4.90 Å². The van der Waals surface area contributed by atoms with Crippen molar-refractivity contribution in [2.45, 2.75) is 45.0 Å². The van der Waals surface area contributed by atoms with Crippen molar-refractivity contribution in [3.63, 3.8) is 0 Å². The summed E-state index contributed by atoms with van der Waals surface area (Å²) in [5, 5.41) is 2.93. The minimum atomic E-state index is -4.13. The van der Waals surface area contributed by atoms with E-state index in [0.29, 0.717) is 45.6 Å². The summed E-state index contributed by atoms with van der Waals surface area (Å²) in [7, 11) is 0.